The maximum atomic E-state index is 13.1. The van der Waals surface area contributed by atoms with Crippen LogP contribution < -0.4 is 10.6 Å². The van der Waals surface area contributed by atoms with E-state index in [1.807, 2.05) is 0 Å². The van der Waals surface area contributed by atoms with Crippen LogP contribution in [0.5, 0.6) is 0 Å². The molecule has 37 heteroatoms. The van der Waals surface area contributed by atoms with Gasteiger partial charge in [-0.05, 0) is 13.8 Å². The minimum Gasteiger partial charge on any atom is -0.394 e. The summed E-state index contributed by atoms with van der Waals surface area (Å²) in [4.78, 5) is 22.9. The van der Waals surface area contributed by atoms with Crippen molar-refractivity contribution < 1.29 is 167 Å². The molecule has 6 aliphatic heterocycles. The van der Waals surface area contributed by atoms with Crippen molar-refractivity contribution in [3.05, 3.63) is 0 Å². The monoisotopic (exact) mass is 1200 g/mol. The zero-order chi connectivity index (χ0) is 59.2. The maximum Gasteiger partial charge on any atom is 0.472 e. The van der Waals surface area contributed by atoms with E-state index in [2.05, 4.69) is 15.2 Å². The normalized spacial score (nSPS) is 47.8. The SMILES string of the molecule is CC(=O)N[C@H]1[C@H](O[C@H]2[C@@H](O)[C@@H](CO)O[C@@H](O[C@H]3[C@H](O)[C@@H](O)C(NCCOP(=O)(O)OCC(O)CO)O[C@@H]3CO)[C@@H]2O)O[C@H](CO)[C@@H](O[C@@H]2O[C@@H](C)[C@@H](O)[C@@H](O)[C@@H]2O)[C@@H]1O[C@@H]1O[C@H](CO)[C@H](O[C@@H]2O[C@@H](C)[C@@H](O)[C@@H](O)[C@@H]2O)[C@H](O)[C@H]1O. The summed E-state index contributed by atoms with van der Waals surface area (Å²) in [5.41, 5.74) is 0. The Hall–Kier alpha value is -1.62. The summed E-state index contributed by atoms with van der Waals surface area (Å²) >= 11 is 0. The third-order valence-electron chi connectivity index (χ3n) is 14.1. The van der Waals surface area contributed by atoms with Gasteiger partial charge < -0.3 is 154 Å². The molecule has 0 spiro atoms. The van der Waals surface area contributed by atoms with E-state index < -0.39 is 250 Å². The minimum absolute atomic E-state index is 0.370. The molecule has 6 rings (SSSR count). The molecule has 1 amide bonds. The van der Waals surface area contributed by atoms with Crippen LogP contribution in [0, 0.1) is 0 Å². The number of phosphoric ester groups is 1. The van der Waals surface area contributed by atoms with Crippen LogP contribution in [0.1, 0.15) is 20.8 Å². The molecule has 21 N–H and O–H groups in total. The van der Waals surface area contributed by atoms with Crippen molar-refractivity contribution in [1.29, 1.82) is 0 Å². The van der Waals surface area contributed by atoms with E-state index in [1.165, 1.54) is 13.8 Å². The third kappa shape index (κ3) is 15.7. The smallest absolute Gasteiger partial charge is 0.394 e. The molecule has 36 nitrogen and oxygen atoms in total. The summed E-state index contributed by atoms with van der Waals surface area (Å²) in [6.45, 7) is -3.00. The molecule has 0 saturated carbocycles. The average molecular weight is 1200 g/mol. The lowest BCUT2D eigenvalue weighted by atomic mass is 9.93. The lowest BCUT2D eigenvalue weighted by Crippen LogP contribution is -2.71. The van der Waals surface area contributed by atoms with Crippen LogP contribution in [0.2, 0.25) is 0 Å². The molecule has 468 valence electrons. The van der Waals surface area contributed by atoms with Crippen LogP contribution in [0.3, 0.4) is 0 Å². The predicted octanol–water partition coefficient (Wildman–Crippen LogP) is -12.8. The Labute approximate surface area is 454 Å². The number of aliphatic hydroxyl groups is 18. The molecule has 0 aliphatic carbocycles. The number of rotatable bonds is 24. The fourth-order valence-corrected chi connectivity index (χ4v) is 10.4. The Bertz CT molecular complexity index is 1940. The van der Waals surface area contributed by atoms with Crippen molar-refractivity contribution in [1.82, 2.24) is 10.6 Å². The van der Waals surface area contributed by atoms with Crippen LogP contribution in [-0.2, 0) is 70.5 Å². The molecule has 3 unspecified atom stereocenters. The highest BCUT2D eigenvalue weighted by molar-refractivity contribution is 7.47. The van der Waals surface area contributed by atoms with Gasteiger partial charge in [0.2, 0.25) is 5.91 Å². The van der Waals surface area contributed by atoms with Crippen molar-refractivity contribution in [3.8, 4) is 0 Å². The molecule has 6 aliphatic rings. The summed E-state index contributed by atoms with van der Waals surface area (Å²) in [6, 6.07) is -1.88. The van der Waals surface area contributed by atoms with Gasteiger partial charge in [0.05, 0.1) is 58.5 Å². The van der Waals surface area contributed by atoms with Gasteiger partial charge in [-0.1, -0.05) is 0 Å². The van der Waals surface area contributed by atoms with E-state index in [0.29, 0.717) is 0 Å². The maximum absolute atomic E-state index is 13.1. The quantitative estimate of drug-likeness (QED) is 0.0315. The highest BCUT2D eigenvalue weighted by Crippen LogP contribution is 2.43. The van der Waals surface area contributed by atoms with Crippen molar-refractivity contribution in [2.45, 2.75) is 211 Å². The van der Waals surface area contributed by atoms with E-state index >= 15 is 0 Å². The number of amides is 1. The highest BCUT2D eigenvalue weighted by Gasteiger charge is 2.59. The van der Waals surface area contributed by atoms with Crippen molar-refractivity contribution in [2.24, 2.45) is 0 Å². The first-order chi connectivity index (χ1) is 37.7. The first-order valence-electron chi connectivity index (χ1n) is 25.4. The Morgan fingerprint density at radius 3 is 1.44 bits per heavy atom. The molecule has 80 heavy (non-hydrogen) atoms. The molecule has 0 aromatic rings. The number of hydrogen-bond donors (Lipinski definition) is 21. The van der Waals surface area contributed by atoms with Gasteiger partial charge in [-0.15, -0.1) is 0 Å². The van der Waals surface area contributed by atoms with Crippen LogP contribution in [0.15, 0.2) is 0 Å². The number of carbonyl (C=O) groups excluding carboxylic acids is 1. The topological polar surface area (TPSA) is 563 Å². The standard InChI is InChI=1S/C43H77N2O34P/c1-12-21(53)24(56)29(61)40(69-12)75-34-18(9-49)74-42(31(63)27(34)59)78-36-20(45-14(3)51)39(73-19(10-50)35(36)77-41-30(62)25(57)22(54)13(2)70-41)79-37-23(55)16(7-47)72-43(32(37)64)76-33-17(8-48)71-38(28(60)26(33)58)44-4-5-67-80(65,66)68-11-15(52)6-46/h12-13,15-44,46-50,52-64H,4-11H2,1-3H3,(H,45,51)(H,65,66)/t12-,13-,15?,16+,17+,18+,19+,20+,21+,22+,23-,24+,25+,26+,27+,28+,29-,30-,31+,32+,33+,34-,35+,36+,37-,38?,39-,40-,41-,42-,43-/m0/s1. The largest absolute Gasteiger partial charge is 0.472 e. The van der Waals surface area contributed by atoms with Crippen molar-refractivity contribution in [3.63, 3.8) is 0 Å². The number of ether oxygens (including phenoxy) is 11. The van der Waals surface area contributed by atoms with Gasteiger partial charge in [0.15, 0.2) is 31.5 Å². The first-order valence-corrected chi connectivity index (χ1v) is 26.9. The second-order valence-corrected chi connectivity index (χ2v) is 21.3. The molecule has 0 bridgehead atoms. The minimum atomic E-state index is -4.74. The Morgan fingerprint density at radius 1 is 0.487 bits per heavy atom. The van der Waals surface area contributed by atoms with Gasteiger partial charge in [0.1, 0.15) is 147 Å². The summed E-state index contributed by atoms with van der Waals surface area (Å²) in [6.07, 6.45) is -55.4. The van der Waals surface area contributed by atoms with Crippen molar-refractivity contribution in [2.75, 3.05) is 52.8 Å². The molecule has 6 heterocycles. The zero-order valence-electron chi connectivity index (χ0n) is 43.1. The molecule has 0 aromatic carbocycles. The molecular weight excluding hydrogens is 1120 g/mol. The Morgan fingerprint density at radius 2 is 0.912 bits per heavy atom. The number of carbonyl (C=O) groups is 1. The molecule has 6 saturated heterocycles. The fraction of sp³-hybridized carbons (Fsp3) is 0.977. The van der Waals surface area contributed by atoms with E-state index in [1.54, 1.807) is 0 Å². The highest BCUT2D eigenvalue weighted by atomic mass is 31.2. The van der Waals surface area contributed by atoms with Gasteiger partial charge >= 0.3 is 7.82 Å². The number of aliphatic hydroxyl groups excluding tert-OH is 18. The third-order valence-corrected chi connectivity index (χ3v) is 15.1. The summed E-state index contributed by atoms with van der Waals surface area (Å²) in [5, 5.41) is 197. The summed E-state index contributed by atoms with van der Waals surface area (Å²) in [5.74, 6) is -0.914. The molecule has 6 fully saturated rings. The van der Waals surface area contributed by atoms with Crippen molar-refractivity contribution >= 4 is 13.7 Å². The fourth-order valence-electron chi connectivity index (χ4n) is 9.62. The van der Waals surface area contributed by atoms with Crippen LogP contribution in [0.4, 0.5) is 0 Å². The van der Waals surface area contributed by atoms with Crippen LogP contribution >= 0.6 is 7.82 Å². The first kappa shape index (κ1) is 67.5. The molecule has 32 atom stereocenters. The molecular formula is C43H77N2O34P. The lowest BCUT2D eigenvalue weighted by molar-refractivity contribution is -0.394. The number of nitrogens with one attached hydrogen (secondary N) is 2. The van der Waals surface area contributed by atoms with E-state index in [-0.39, 0.29) is 6.54 Å². The second kappa shape index (κ2) is 29.7. The number of hydrogen-bond acceptors (Lipinski definition) is 34. The second-order valence-electron chi connectivity index (χ2n) is 19.9. The van der Waals surface area contributed by atoms with Gasteiger partial charge in [0.25, 0.3) is 0 Å². The van der Waals surface area contributed by atoms with Gasteiger partial charge in [-0.2, -0.15) is 0 Å². The van der Waals surface area contributed by atoms with Crippen LogP contribution in [0.25, 0.3) is 0 Å². The average Bonchev–Trinajstić information content (AvgIpc) is 3.58. The zero-order valence-corrected chi connectivity index (χ0v) is 44.0. The lowest BCUT2D eigenvalue weighted by Gasteiger charge is -2.52. The predicted molar refractivity (Wildman–Crippen MR) is 249 cm³/mol. The van der Waals surface area contributed by atoms with Crippen LogP contribution in [-0.4, -0.2) is 346 Å². The van der Waals surface area contributed by atoms with E-state index in [4.69, 9.17) is 61.7 Å². The van der Waals surface area contributed by atoms with Gasteiger partial charge in [-0.25, -0.2) is 4.57 Å². The Kier molecular flexibility index (Phi) is 25.0. The van der Waals surface area contributed by atoms with E-state index in [0.717, 1.165) is 6.92 Å². The Balaban J connectivity index is 1.25. The molecule has 0 radical (unpaired) electrons. The van der Waals surface area contributed by atoms with Gasteiger partial charge in [-0.3, -0.25) is 19.2 Å². The molecule has 0 aromatic heterocycles. The van der Waals surface area contributed by atoms with Gasteiger partial charge in [0, 0.05) is 13.5 Å². The number of phosphoric acid groups is 1. The van der Waals surface area contributed by atoms with E-state index in [9.17, 15) is 101 Å². The summed E-state index contributed by atoms with van der Waals surface area (Å²) in [7, 11) is -4.74. The summed E-state index contributed by atoms with van der Waals surface area (Å²) < 4.78 is 85.8.